The van der Waals surface area contributed by atoms with Gasteiger partial charge in [0.1, 0.15) is 16.9 Å². The van der Waals surface area contributed by atoms with Gasteiger partial charge in [-0.1, -0.05) is 0 Å². The maximum absolute atomic E-state index is 12.8. The van der Waals surface area contributed by atoms with Crippen molar-refractivity contribution >= 4 is 56.7 Å². The smallest absolute Gasteiger partial charge is 0.408 e. The van der Waals surface area contributed by atoms with Crippen LogP contribution in [0.1, 0.15) is 52.1 Å². The molecular weight excluding hydrogens is 504 g/mol. The number of nitrogens with zero attached hydrogens (tertiary/aromatic N) is 1. The number of anilines is 1. The highest BCUT2D eigenvalue weighted by atomic mass is 32.1. The average molecular weight is 529 g/mol. The maximum atomic E-state index is 12.8. The van der Waals surface area contributed by atoms with E-state index in [2.05, 4.69) is 15.6 Å². The zero-order chi connectivity index (χ0) is 26.0. The number of aromatic nitrogens is 1. The number of hydrogen-bond acceptors (Lipinski definition) is 9. The Hall–Kier alpha value is -3.74. The Labute approximate surface area is 214 Å². The van der Waals surface area contributed by atoms with Gasteiger partial charge in [-0.25, -0.2) is 15.3 Å². The summed E-state index contributed by atoms with van der Waals surface area (Å²) < 4.78 is 11.0. The molecule has 0 aliphatic carbocycles. The zero-order valence-electron chi connectivity index (χ0n) is 19.9. The van der Waals surface area contributed by atoms with Gasteiger partial charge in [0.2, 0.25) is 0 Å². The number of furan rings is 1. The van der Waals surface area contributed by atoms with Crippen LogP contribution >= 0.6 is 22.7 Å². The fourth-order valence-electron chi connectivity index (χ4n) is 3.31. The first-order valence-electron chi connectivity index (χ1n) is 10.8. The summed E-state index contributed by atoms with van der Waals surface area (Å²) in [4.78, 5) is 42.0. The first-order valence-corrected chi connectivity index (χ1v) is 12.5. The predicted octanol–water partition coefficient (Wildman–Crippen LogP) is 5.32. The van der Waals surface area contributed by atoms with Gasteiger partial charge in [-0.15, -0.1) is 22.7 Å². The molecule has 0 unspecified atom stereocenters. The monoisotopic (exact) mass is 528 g/mol. The molecule has 12 heteroatoms. The molecule has 188 valence electrons. The van der Waals surface area contributed by atoms with E-state index < -0.39 is 17.6 Å². The van der Waals surface area contributed by atoms with Gasteiger partial charge in [-0.3, -0.25) is 20.1 Å². The van der Waals surface area contributed by atoms with E-state index in [4.69, 9.17) is 14.4 Å². The van der Waals surface area contributed by atoms with Crippen molar-refractivity contribution in [3.63, 3.8) is 0 Å². The Kier molecular flexibility index (Phi) is 7.11. The first-order chi connectivity index (χ1) is 17.0. The molecule has 3 heterocycles. The maximum Gasteiger partial charge on any atom is 0.408 e. The predicted molar refractivity (Wildman–Crippen MR) is 137 cm³/mol. The van der Waals surface area contributed by atoms with E-state index in [1.54, 1.807) is 62.0 Å². The number of thiazole rings is 1. The van der Waals surface area contributed by atoms with E-state index in [-0.39, 0.29) is 12.5 Å². The van der Waals surface area contributed by atoms with Gasteiger partial charge in [0.05, 0.1) is 22.0 Å². The van der Waals surface area contributed by atoms with Crippen molar-refractivity contribution < 1.29 is 28.7 Å². The molecule has 0 saturated carbocycles. The molecule has 0 radical (unpaired) electrons. The summed E-state index contributed by atoms with van der Waals surface area (Å²) in [7, 11) is 0. The van der Waals surface area contributed by atoms with Gasteiger partial charge in [0, 0.05) is 16.3 Å². The first kappa shape index (κ1) is 25.4. The standard InChI is InChI=1S/C24H24N4O6S2/c1-12-7-18(21(30)28-32)36-19(12)16-11-35-22(26-16)27-20(29)13-5-6-17-14(8-13)9-15(33-17)10-25-23(31)34-24(2,3)4/h5-9,11,32H,10H2,1-4H3,(H,25,31)(H,28,30)(H,26,27,29). The van der Waals surface area contributed by atoms with Crippen LogP contribution < -0.4 is 16.1 Å². The fraction of sp³-hybridized carbons (Fsp3) is 0.250. The van der Waals surface area contributed by atoms with E-state index in [1.165, 1.54) is 22.7 Å². The lowest BCUT2D eigenvalue weighted by molar-refractivity contribution is 0.0519. The van der Waals surface area contributed by atoms with Crippen LogP contribution in [0.15, 0.2) is 40.1 Å². The van der Waals surface area contributed by atoms with Crippen LogP contribution in [-0.4, -0.2) is 33.7 Å². The number of thiophene rings is 1. The highest BCUT2D eigenvalue weighted by Crippen LogP contribution is 2.34. The molecular formula is C24H24N4O6S2. The number of ether oxygens (including phenoxy) is 1. The van der Waals surface area contributed by atoms with E-state index in [0.29, 0.717) is 38.0 Å². The quantitative estimate of drug-likeness (QED) is 0.196. The van der Waals surface area contributed by atoms with Gasteiger partial charge >= 0.3 is 6.09 Å². The number of hydrogen-bond donors (Lipinski definition) is 4. The summed E-state index contributed by atoms with van der Waals surface area (Å²) >= 11 is 2.46. The van der Waals surface area contributed by atoms with E-state index in [9.17, 15) is 14.4 Å². The van der Waals surface area contributed by atoms with Gasteiger partial charge in [0.25, 0.3) is 11.8 Å². The summed E-state index contributed by atoms with van der Waals surface area (Å²) in [5.74, 6) is -0.397. The van der Waals surface area contributed by atoms with E-state index in [0.717, 1.165) is 10.4 Å². The second-order valence-electron chi connectivity index (χ2n) is 8.88. The van der Waals surface area contributed by atoms with Crippen molar-refractivity contribution in [1.82, 2.24) is 15.8 Å². The second kappa shape index (κ2) is 10.1. The molecule has 0 spiro atoms. The molecule has 0 aliphatic rings. The van der Waals surface area contributed by atoms with Crippen LogP contribution in [0.5, 0.6) is 0 Å². The van der Waals surface area contributed by atoms with Crippen LogP contribution in [0.2, 0.25) is 0 Å². The average Bonchev–Trinajstić information content (AvgIpc) is 3.53. The topological polar surface area (TPSA) is 143 Å². The highest BCUT2D eigenvalue weighted by molar-refractivity contribution is 7.18. The molecule has 0 fully saturated rings. The second-order valence-corrected chi connectivity index (χ2v) is 10.8. The third kappa shape index (κ3) is 5.90. The van der Waals surface area contributed by atoms with Crippen LogP contribution in [0.3, 0.4) is 0 Å². The molecule has 0 saturated heterocycles. The Morgan fingerprint density at radius 3 is 2.64 bits per heavy atom. The molecule has 4 aromatic rings. The molecule has 0 bridgehead atoms. The number of aryl methyl sites for hydroxylation is 1. The van der Waals surface area contributed by atoms with Gasteiger partial charge in [0.15, 0.2) is 5.13 Å². The minimum Gasteiger partial charge on any atom is -0.459 e. The number of carbonyl (C=O) groups excluding carboxylic acids is 3. The number of carbonyl (C=O) groups is 3. The summed E-state index contributed by atoms with van der Waals surface area (Å²) in [6.07, 6.45) is -0.545. The number of alkyl carbamates (subject to hydrolysis) is 1. The highest BCUT2D eigenvalue weighted by Gasteiger charge is 2.18. The molecule has 0 atom stereocenters. The van der Waals surface area contributed by atoms with E-state index >= 15 is 0 Å². The number of amides is 3. The van der Waals surface area contributed by atoms with Gasteiger partial charge < -0.3 is 14.5 Å². The zero-order valence-corrected chi connectivity index (χ0v) is 21.6. The molecule has 36 heavy (non-hydrogen) atoms. The van der Waals surface area contributed by atoms with Crippen molar-refractivity contribution in [1.29, 1.82) is 0 Å². The third-order valence-corrected chi connectivity index (χ3v) is 6.85. The van der Waals surface area contributed by atoms with Gasteiger partial charge in [-0.05, 0) is 63.6 Å². The van der Waals surface area contributed by atoms with Crippen LogP contribution in [0.4, 0.5) is 9.93 Å². The Morgan fingerprint density at radius 1 is 1.14 bits per heavy atom. The number of rotatable bonds is 6. The van der Waals surface area contributed by atoms with Gasteiger partial charge in [-0.2, -0.15) is 0 Å². The molecule has 10 nitrogen and oxygen atoms in total. The third-order valence-electron chi connectivity index (χ3n) is 4.84. The number of hydroxylamine groups is 1. The normalized spacial score (nSPS) is 11.4. The number of fused-ring (bicyclic) bond motifs is 1. The van der Waals surface area contributed by atoms with Crippen molar-refractivity contribution in [2.75, 3.05) is 5.32 Å². The Bertz CT molecular complexity index is 1450. The Morgan fingerprint density at radius 2 is 1.92 bits per heavy atom. The lowest BCUT2D eigenvalue weighted by Crippen LogP contribution is -2.32. The Balaban J connectivity index is 1.43. The molecule has 3 amide bonds. The summed E-state index contributed by atoms with van der Waals surface area (Å²) in [5, 5.41) is 17.2. The molecule has 4 N–H and O–H groups in total. The van der Waals surface area contributed by atoms with Crippen LogP contribution in [0, 0.1) is 6.92 Å². The minimum absolute atomic E-state index is 0.150. The SMILES string of the molecule is Cc1cc(C(=O)NO)sc1-c1csc(NC(=O)c2ccc3oc(CNC(=O)OC(C)(C)C)cc3c2)n1. The molecule has 4 rings (SSSR count). The van der Waals surface area contributed by atoms with Crippen molar-refractivity contribution in [3.05, 3.63) is 57.5 Å². The molecule has 1 aromatic carbocycles. The summed E-state index contributed by atoms with van der Waals surface area (Å²) in [6.45, 7) is 7.34. The summed E-state index contributed by atoms with van der Waals surface area (Å²) in [6, 6.07) is 8.45. The summed E-state index contributed by atoms with van der Waals surface area (Å²) in [5.41, 5.74) is 3.49. The largest absolute Gasteiger partial charge is 0.459 e. The van der Waals surface area contributed by atoms with E-state index in [1.807, 2.05) is 6.92 Å². The number of benzene rings is 1. The van der Waals surface area contributed by atoms with Crippen LogP contribution in [0.25, 0.3) is 21.5 Å². The van der Waals surface area contributed by atoms with Crippen molar-refractivity contribution in [2.24, 2.45) is 0 Å². The van der Waals surface area contributed by atoms with Crippen LogP contribution in [-0.2, 0) is 11.3 Å². The van der Waals surface area contributed by atoms with Crippen molar-refractivity contribution in [3.8, 4) is 10.6 Å². The lowest BCUT2D eigenvalue weighted by Gasteiger charge is -2.19. The minimum atomic E-state index is -0.597. The van der Waals surface area contributed by atoms with Crippen molar-refractivity contribution in [2.45, 2.75) is 39.8 Å². The number of nitrogens with one attached hydrogen (secondary N) is 3. The fourth-order valence-corrected chi connectivity index (χ4v) is 5.10. The molecule has 3 aromatic heterocycles. The lowest BCUT2D eigenvalue weighted by atomic mass is 10.1. The molecule has 0 aliphatic heterocycles.